The topological polar surface area (TPSA) is 128 Å². The number of nitrogens with zero attached hydrogens (tertiary/aromatic N) is 6. The first-order valence-electron chi connectivity index (χ1n) is 13.7. The molecule has 3 N–H and O–H groups in total. The first kappa shape index (κ1) is 26.3. The Morgan fingerprint density at radius 1 is 0.976 bits per heavy atom. The second-order valence-electron chi connectivity index (χ2n) is 10.0. The fourth-order valence-corrected chi connectivity index (χ4v) is 4.85. The second kappa shape index (κ2) is 11.7. The van der Waals surface area contributed by atoms with Crippen molar-refractivity contribution in [2.45, 2.75) is 12.8 Å². The van der Waals surface area contributed by atoms with Crippen LogP contribution in [-0.2, 0) is 4.79 Å². The van der Waals surface area contributed by atoms with Crippen LogP contribution in [0.3, 0.4) is 0 Å². The van der Waals surface area contributed by atoms with Gasteiger partial charge in [0.2, 0.25) is 5.95 Å². The number of hydrogen-bond donors (Lipinski definition) is 3. The molecule has 1 fully saturated rings. The maximum atomic E-state index is 13.0. The zero-order valence-corrected chi connectivity index (χ0v) is 22.8. The lowest BCUT2D eigenvalue weighted by atomic mass is 10.2. The molecule has 0 atom stereocenters. The van der Waals surface area contributed by atoms with Crippen LogP contribution in [-0.4, -0.2) is 84.6 Å². The van der Waals surface area contributed by atoms with E-state index in [1.54, 1.807) is 17.0 Å². The molecule has 1 saturated heterocycles. The van der Waals surface area contributed by atoms with E-state index >= 15 is 0 Å². The first-order chi connectivity index (χ1) is 20.0. The summed E-state index contributed by atoms with van der Waals surface area (Å²) >= 11 is 0. The summed E-state index contributed by atoms with van der Waals surface area (Å²) in [6, 6.07) is 11.6. The number of anilines is 6. The van der Waals surface area contributed by atoms with E-state index in [-0.39, 0.29) is 36.3 Å². The summed E-state index contributed by atoms with van der Waals surface area (Å²) in [5, 5.41) is 9.19. The third-order valence-electron chi connectivity index (χ3n) is 7.16. The van der Waals surface area contributed by atoms with Crippen LogP contribution in [0.5, 0.6) is 5.75 Å². The number of rotatable bonds is 3. The van der Waals surface area contributed by atoms with Gasteiger partial charge in [-0.3, -0.25) is 14.5 Å². The van der Waals surface area contributed by atoms with Gasteiger partial charge in [-0.15, -0.1) is 5.92 Å². The van der Waals surface area contributed by atoms with Crippen molar-refractivity contribution in [3.63, 3.8) is 0 Å². The molecule has 5 heterocycles. The van der Waals surface area contributed by atoms with Crippen LogP contribution in [0.25, 0.3) is 0 Å². The van der Waals surface area contributed by atoms with Crippen LogP contribution in [0.15, 0.2) is 42.6 Å². The summed E-state index contributed by atoms with van der Waals surface area (Å²) in [5.41, 5.74) is 2.22. The smallest absolute Gasteiger partial charge is 0.266 e. The highest BCUT2D eigenvalue weighted by Gasteiger charge is 2.27. The number of likely N-dealkylation sites (N-methyl/N-ethyl adjacent to an activating group) is 1. The molecule has 3 aliphatic rings. The van der Waals surface area contributed by atoms with Crippen LogP contribution < -0.4 is 30.5 Å². The summed E-state index contributed by atoms with van der Waals surface area (Å²) < 4.78 is 5.59. The number of piperazine rings is 1. The predicted octanol–water partition coefficient (Wildman–Crippen LogP) is 2.36. The molecule has 0 spiro atoms. The van der Waals surface area contributed by atoms with Crippen LogP contribution in [0.4, 0.5) is 34.8 Å². The average Bonchev–Trinajstić information content (AvgIpc) is 2.98. The molecule has 6 rings (SSSR count). The molecule has 0 unspecified atom stereocenters. The first-order valence-corrected chi connectivity index (χ1v) is 13.7. The van der Waals surface area contributed by atoms with E-state index in [0.717, 1.165) is 31.9 Å². The minimum Gasteiger partial charge on any atom is -0.480 e. The van der Waals surface area contributed by atoms with Gasteiger partial charge in [0.15, 0.2) is 18.2 Å². The van der Waals surface area contributed by atoms with Crippen molar-refractivity contribution >= 4 is 46.6 Å². The molecule has 1 aromatic carbocycles. The molecule has 41 heavy (non-hydrogen) atoms. The third kappa shape index (κ3) is 6.00. The normalized spacial score (nSPS) is 17.5. The van der Waals surface area contributed by atoms with E-state index in [4.69, 9.17) is 4.74 Å². The minimum atomic E-state index is -0.363. The zero-order chi connectivity index (χ0) is 28.2. The Balaban J connectivity index is 1.27. The summed E-state index contributed by atoms with van der Waals surface area (Å²) in [5.74, 6) is 7.41. The number of pyridine rings is 1. The van der Waals surface area contributed by atoms with Gasteiger partial charge in [-0.05, 0) is 49.9 Å². The van der Waals surface area contributed by atoms with Crippen LogP contribution in [0, 0.1) is 11.8 Å². The molecule has 3 aliphatic heterocycles. The summed E-state index contributed by atoms with van der Waals surface area (Å²) in [7, 11) is 2.14. The number of aromatic nitrogens is 3. The molecule has 210 valence electrons. The standard InChI is InChI=1S/C29H31N9O3/c1-36-14-16-37(17-15-36)21-8-6-20(7-9-21)32-29-31-18-22-26(35-29)33-24-11-10-23-27(34-24)38(25(39)19-41-23)13-5-3-2-4-12-30-28(22)40/h6-11,18H,3,5,12-17,19H2,1H3,(H,30,40)(H2,31,32,33,34,35). The highest BCUT2D eigenvalue weighted by Crippen LogP contribution is 2.33. The van der Waals surface area contributed by atoms with Crippen molar-refractivity contribution in [1.82, 2.24) is 25.2 Å². The van der Waals surface area contributed by atoms with Crippen LogP contribution in [0.1, 0.15) is 23.2 Å². The quantitative estimate of drug-likeness (QED) is 0.416. The average molecular weight is 554 g/mol. The second-order valence-corrected chi connectivity index (χ2v) is 10.0. The molecule has 2 aromatic heterocycles. The number of ether oxygens (including phenoxy) is 1. The predicted molar refractivity (Wildman–Crippen MR) is 156 cm³/mol. The van der Waals surface area contributed by atoms with Gasteiger partial charge in [0.25, 0.3) is 11.8 Å². The van der Waals surface area contributed by atoms with E-state index in [1.165, 1.54) is 11.9 Å². The van der Waals surface area contributed by atoms with Crippen molar-refractivity contribution in [1.29, 1.82) is 0 Å². The van der Waals surface area contributed by atoms with Crippen LogP contribution >= 0.6 is 0 Å². The van der Waals surface area contributed by atoms with Crippen molar-refractivity contribution in [3.05, 3.63) is 48.2 Å². The third-order valence-corrected chi connectivity index (χ3v) is 7.16. The van der Waals surface area contributed by atoms with Gasteiger partial charge in [0.1, 0.15) is 17.2 Å². The van der Waals surface area contributed by atoms with E-state index in [9.17, 15) is 9.59 Å². The van der Waals surface area contributed by atoms with E-state index in [2.05, 4.69) is 71.7 Å². The van der Waals surface area contributed by atoms with E-state index < -0.39 is 0 Å². The Labute approximate surface area is 238 Å². The molecule has 2 amide bonds. The molecule has 12 heteroatoms. The Hall–Kier alpha value is -4.89. The van der Waals surface area contributed by atoms with Gasteiger partial charge >= 0.3 is 0 Å². The number of amides is 2. The van der Waals surface area contributed by atoms with Gasteiger partial charge in [0.05, 0.1) is 6.54 Å². The lowest BCUT2D eigenvalue weighted by Crippen LogP contribution is -2.44. The number of benzene rings is 1. The number of hydrogen-bond acceptors (Lipinski definition) is 10. The zero-order valence-electron chi connectivity index (χ0n) is 22.8. The molecule has 0 aliphatic carbocycles. The highest BCUT2D eigenvalue weighted by atomic mass is 16.5. The molecular formula is C29H31N9O3. The fraction of sp³-hybridized carbons (Fsp3) is 0.345. The number of fused-ring (bicyclic) bond motifs is 2. The maximum absolute atomic E-state index is 13.0. The minimum absolute atomic E-state index is 0.0347. The fourth-order valence-electron chi connectivity index (χ4n) is 4.85. The summed E-state index contributed by atoms with van der Waals surface area (Å²) in [6.45, 7) is 4.67. The lowest BCUT2D eigenvalue weighted by Gasteiger charge is -2.34. The van der Waals surface area contributed by atoms with Gasteiger partial charge in [-0.1, -0.05) is 5.92 Å². The Kier molecular flexibility index (Phi) is 7.51. The van der Waals surface area contributed by atoms with Gasteiger partial charge in [-0.25, -0.2) is 9.97 Å². The van der Waals surface area contributed by atoms with Gasteiger partial charge in [0, 0.05) is 56.7 Å². The van der Waals surface area contributed by atoms with Gasteiger partial charge in [-0.2, -0.15) is 4.98 Å². The van der Waals surface area contributed by atoms with Crippen LogP contribution in [0.2, 0.25) is 0 Å². The number of carbonyl (C=O) groups is 2. The van der Waals surface area contributed by atoms with E-state index in [0.29, 0.717) is 42.7 Å². The summed E-state index contributed by atoms with van der Waals surface area (Å²) in [6.07, 6.45) is 2.72. The Morgan fingerprint density at radius 2 is 1.80 bits per heavy atom. The SMILES string of the molecule is CN1CCN(c2ccc(Nc3ncc4c(n3)Nc3ccc5c(n3)N(CCCC#CCNC4=O)C(=O)CO5)cc2)CC1. The molecule has 3 aromatic rings. The van der Waals surface area contributed by atoms with Crippen molar-refractivity contribution in [2.24, 2.45) is 0 Å². The van der Waals surface area contributed by atoms with E-state index in [1.807, 2.05) is 12.1 Å². The molecule has 2 bridgehead atoms. The molecule has 12 nitrogen and oxygen atoms in total. The lowest BCUT2D eigenvalue weighted by molar-refractivity contribution is -0.121. The monoisotopic (exact) mass is 553 g/mol. The molecular weight excluding hydrogens is 522 g/mol. The summed E-state index contributed by atoms with van der Waals surface area (Å²) in [4.78, 5) is 45.6. The largest absolute Gasteiger partial charge is 0.480 e. The number of carbonyl (C=O) groups excluding carboxylic acids is 2. The highest BCUT2D eigenvalue weighted by molar-refractivity contribution is 6.00. The molecule has 0 saturated carbocycles. The van der Waals surface area contributed by atoms with Crippen molar-refractivity contribution in [3.8, 4) is 17.6 Å². The Bertz CT molecular complexity index is 1510. The van der Waals surface area contributed by atoms with Crippen molar-refractivity contribution in [2.75, 3.05) is 73.4 Å². The maximum Gasteiger partial charge on any atom is 0.266 e. The van der Waals surface area contributed by atoms with Crippen molar-refractivity contribution < 1.29 is 14.3 Å². The Morgan fingerprint density at radius 3 is 2.63 bits per heavy atom. The molecule has 0 radical (unpaired) electrons. The van der Waals surface area contributed by atoms with Gasteiger partial charge < -0.3 is 30.5 Å². The number of nitrogens with one attached hydrogen (secondary N) is 3.